The van der Waals surface area contributed by atoms with Gasteiger partial charge in [-0.3, -0.25) is 9.78 Å². The van der Waals surface area contributed by atoms with E-state index in [-0.39, 0.29) is 24.2 Å². The zero-order valence-electron chi connectivity index (χ0n) is 22.1. The second-order valence-corrected chi connectivity index (χ2v) is 10.1. The second kappa shape index (κ2) is 11.0. The summed E-state index contributed by atoms with van der Waals surface area (Å²) in [5, 5.41) is 22.3. The summed E-state index contributed by atoms with van der Waals surface area (Å²) < 4.78 is 23.4. The van der Waals surface area contributed by atoms with Crippen molar-refractivity contribution in [2.75, 3.05) is 20.3 Å². The number of aliphatic hydroxyl groups excluding tert-OH is 1. The van der Waals surface area contributed by atoms with Gasteiger partial charge >= 0.3 is 0 Å². The minimum atomic E-state index is -0.344. The third-order valence-electron chi connectivity index (χ3n) is 7.46. The summed E-state index contributed by atoms with van der Waals surface area (Å²) in [6.07, 6.45) is 4.12. The lowest BCUT2D eigenvalue weighted by Crippen LogP contribution is -2.46. The highest BCUT2D eigenvalue weighted by Gasteiger charge is 2.29. The van der Waals surface area contributed by atoms with Crippen molar-refractivity contribution in [3.05, 3.63) is 65.9 Å². The number of ether oxygens (including phenoxy) is 3. The smallest absolute Gasteiger partial charge is 0.251 e. The molecule has 9 heteroatoms. The average Bonchev–Trinajstić information content (AvgIpc) is 3.41. The Morgan fingerprint density at radius 3 is 2.65 bits per heavy atom. The monoisotopic (exact) mass is 539 g/mol. The summed E-state index contributed by atoms with van der Waals surface area (Å²) >= 11 is 0. The van der Waals surface area contributed by atoms with Crippen LogP contribution in [0.25, 0.3) is 33.6 Å². The zero-order valence-corrected chi connectivity index (χ0v) is 22.1. The van der Waals surface area contributed by atoms with Crippen LogP contribution in [0.15, 0.2) is 59.1 Å². The van der Waals surface area contributed by atoms with Gasteiger partial charge in [-0.1, -0.05) is 6.07 Å². The van der Waals surface area contributed by atoms with Gasteiger partial charge in [-0.2, -0.15) is 5.26 Å². The number of nitrogens with zero attached hydrogens (tertiary/aromatic N) is 2. The highest BCUT2D eigenvalue weighted by atomic mass is 16.5. The van der Waals surface area contributed by atoms with Crippen LogP contribution in [0.1, 0.15) is 41.6 Å². The number of furan rings is 1. The second-order valence-electron chi connectivity index (χ2n) is 10.1. The van der Waals surface area contributed by atoms with Crippen LogP contribution in [0.4, 0.5) is 0 Å². The van der Waals surface area contributed by atoms with Gasteiger partial charge in [-0.05, 0) is 54.8 Å². The van der Waals surface area contributed by atoms with Crippen LogP contribution >= 0.6 is 0 Å². The molecule has 2 aromatic carbocycles. The molecule has 40 heavy (non-hydrogen) atoms. The number of carbonyl (C=O) groups is 1. The van der Waals surface area contributed by atoms with Gasteiger partial charge < -0.3 is 29.1 Å². The van der Waals surface area contributed by atoms with Gasteiger partial charge in [0.2, 0.25) is 0 Å². The molecule has 0 bridgehead atoms. The van der Waals surface area contributed by atoms with Crippen molar-refractivity contribution in [1.82, 2.24) is 10.3 Å². The van der Waals surface area contributed by atoms with E-state index in [0.717, 1.165) is 24.0 Å². The molecule has 1 aliphatic carbocycles. The predicted octanol–water partition coefficient (Wildman–Crippen LogP) is 4.85. The van der Waals surface area contributed by atoms with E-state index in [2.05, 4.69) is 16.4 Å². The fourth-order valence-corrected chi connectivity index (χ4v) is 5.17. The van der Waals surface area contributed by atoms with Gasteiger partial charge in [0.25, 0.3) is 5.91 Å². The van der Waals surface area contributed by atoms with E-state index >= 15 is 0 Å². The number of amides is 1. The number of benzene rings is 2. The zero-order chi connectivity index (χ0) is 27.6. The van der Waals surface area contributed by atoms with E-state index < -0.39 is 0 Å². The number of hydrogen-bond donors (Lipinski definition) is 2. The fraction of sp³-hybridized carbons (Fsp3) is 0.323. The van der Waals surface area contributed by atoms with Crippen molar-refractivity contribution in [1.29, 1.82) is 5.26 Å². The Hall–Kier alpha value is -4.39. The maximum absolute atomic E-state index is 12.7. The first-order valence-electron chi connectivity index (χ1n) is 13.4. The van der Waals surface area contributed by atoms with Crippen LogP contribution in [0, 0.1) is 11.3 Å². The molecule has 6 rings (SSSR count). The number of aliphatic hydroxyl groups is 1. The third-order valence-corrected chi connectivity index (χ3v) is 7.46. The summed E-state index contributed by atoms with van der Waals surface area (Å²) in [6.45, 7) is 1.32. The standard InChI is InChI=1S/C31H29N3O6/c1-37-28-13-19(31(36)34-21-14-22(35)15-21)2-4-25(28)29-16-26-30(40-29)24(6-9-33-26)18-3-5-27(20(12-18)17-32)39-23-7-10-38-11-8-23/h2-6,9,12-13,16,21-23,35H,7-8,10-11,14-15H2,1H3,(H,34,36). The number of fused-ring (bicyclic) bond motifs is 1. The lowest BCUT2D eigenvalue weighted by atomic mass is 9.89. The highest BCUT2D eigenvalue weighted by Crippen LogP contribution is 2.38. The maximum Gasteiger partial charge on any atom is 0.251 e. The largest absolute Gasteiger partial charge is 0.496 e. The van der Waals surface area contributed by atoms with E-state index in [0.29, 0.717) is 71.1 Å². The first-order chi connectivity index (χ1) is 19.5. The molecule has 1 saturated carbocycles. The van der Waals surface area contributed by atoms with Crippen molar-refractivity contribution in [3.8, 4) is 40.0 Å². The Morgan fingerprint density at radius 2 is 1.90 bits per heavy atom. The molecule has 1 aliphatic heterocycles. The van der Waals surface area contributed by atoms with Crippen LogP contribution < -0.4 is 14.8 Å². The Morgan fingerprint density at radius 1 is 1.07 bits per heavy atom. The minimum absolute atomic E-state index is 0.0166. The SMILES string of the molecule is COc1cc(C(=O)NC2CC(O)C2)ccc1-c1cc2nccc(-c3ccc(OC4CCOCC4)c(C#N)c3)c2o1. The van der Waals surface area contributed by atoms with Gasteiger partial charge in [-0.25, -0.2) is 0 Å². The molecule has 2 N–H and O–H groups in total. The highest BCUT2D eigenvalue weighted by molar-refractivity contribution is 5.97. The first kappa shape index (κ1) is 25.9. The molecule has 1 amide bonds. The van der Waals surface area contributed by atoms with Gasteiger partial charge in [0.05, 0.1) is 37.6 Å². The summed E-state index contributed by atoms with van der Waals surface area (Å²) in [5.74, 6) is 1.38. The molecule has 3 heterocycles. The Kier molecular flexibility index (Phi) is 7.11. The van der Waals surface area contributed by atoms with Gasteiger partial charge in [0.1, 0.15) is 34.9 Å². The molecule has 2 aliphatic rings. The normalized spacial score (nSPS) is 19.0. The number of rotatable bonds is 7. The Balaban J connectivity index is 1.29. The number of methoxy groups -OCH3 is 1. The Labute approximate surface area is 231 Å². The van der Waals surface area contributed by atoms with E-state index in [4.69, 9.17) is 18.6 Å². The minimum Gasteiger partial charge on any atom is -0.496 e. The number of nitrogens with one attached hydrogen (secondary N) is 1. The number of carbonyl (C=O) groups excluding carboxylic acids is 1. The van der Waals surface area contributed by atoms with Gasteiger partial charge in [0.15, 0.2) is 5.58 Å². The molecule has 204 valence electrons. The third kappa shape index (κ3) is 5.11. The number of pyridine rings is 1. The molecule has 4 aromatic rings. The summed E-state index contributed by atoms with van der Waals surface area (Å²) in [7, 11) is 1.54. The molecule has 0 atom stereocenters. The molecule has 2 aromatic heterocycles. The fourth-order valence-electron chi connectivity index (χ4n) is 5.17. The maximum atomic E-state index is 12.7. The van der Waals surface area contributed by atoms with Gasteiger partial charge in [-0.15, -0.1) is 0 Å². The number of aromatic nitrogens is 1. The van der Waals surface area contributed by atoms with Crippen LogP contribution in [-0.2, 0) is 4.74 Å². The topological polar surface area (TPSA) is 127 Å². The number of nitriles is 1. The summed E-state index contributed by atoms with van der Waals surface area (Å²) in [4.78, 5) is 17.2. The lowest BCUT2D eigenvalue weighted by molar-refractivity contribution is 0.0254. The molecule has 2 fully saturated rings. The van der Waals surface area contributed by atoms with E-state index in [1.165, 1.54) is 0 Å². The molecule has 9 nitrogen and oxygen atoms in total. The molecule has 0 unspecified atom stereocenters. The number of hydrogen-bond acceptors (Lipinski definition) is 8. The van der Waals surface area contributed by atoms with Crippen LogP contribution in [0.2, 0.25) is 0 Å². The molecular weight excluding hydrogens is 510 g/mol. The van der Waals surface area contributed by atoms with Crippen molar-refractivity contribution in [2.45, 2.75) is 43.9 Å². The van der Waals surface area contributed by atoms with Crippen molar-refractivity contribution >= 4 is 17.0 Å². The molecule has 1 saturated heterocycles. The lowest BCUT2D eigenvalue weighted by Gasteiger charge is -2.31. The van der Waals surface area contributed by atoms with Crippen LogP contribution in [0.3, 0.4) is 0 Å². The molecular formula is C31H29N3O6. The van der Waals surface area contributed by atoms with Gasteiger partial charge in [0, 0.05) is 42.3 Å². The van der Waals surface area contributed by atoms with Crippen molar-refractivity contribution in [2.24, 2.45) is 0 Å². The summed E-state index contributed by atoms with van der Waals surface area (Å²) in [6, 6.07) is 16.7. The van der Waals surface area contributed by atoms with Crippen molar-refractivity contribution < 1.29 is 28.5 Å². The van der Waals surface area contributed by atoms with Crippen LogP contribution in [0.5, 0.6) is 11.5 Å². The van der Waals surface area contributed by atoms with Crippen LogP contribution in [-0.4, -0.2) is 54.6 Å². The van der Waals surface area contributed by atoms with E-state index in [1.807, 2.05) is 24.3 Å². The van der Waals surface area contributed by atoms with E-state index in [9.17, 15) is 15.2 Å². The van der Waals surface area contributed by atoms with E-state index in [1.54, 1.807) is 37.6 Å². The average molecular weight is 540 g/mol. The molecule has 0 radical (unpaired) electrons. The quantitative estimate of drug-likeness (QED) is 0.341. The summed E-state index contributed by atoms with van der Waals surface area (Å²) in [5.41, 5.74) is 4.43. The Bertz CT molecular complexity index is 1590. The first-order valence-corrected chi connectivity index (χ1v) is 13.4. The molecule has 0 spiro atoms. The van der Waals surface area contributed by atoms with Crippen molar-refractivity contribution in [3.63, 3.8) is 0 Å². The predicted molar refractivity (Wildman–Crippen MR) is 147 cm³/mol.